The van der Waals surface area contributed by atoms with Crippen molar-refractivity contribution >= 4 is 23.5 Å². The number of methoxy groups -OCH3 is 3. The van der Waals surface area contributed by atoms with Crippen LogP contribution in [0.25, 0.3) is 5.57 Å². The first-order valence-corrected chi connectivity index (χ1v) is 10.9. The Hall–Kier alpha value is -2.91. The first-order valence-electron chi connectivity index (χ1n) is 10.9. The van der Waals surface area contributed by atoms with E-state index in [9.17, 15) is 14.4 Å². The van der Waals surface area contributed by atoms with Crippen molar-refractivity contribution in [1.82, 2.24) is 9.80 Å². The molecule has 1 fully saturated rings. The Labute approximate surface area is 194 Å². The highest BCUT2D eigenvalue weighted by atomic mass is 16.5. The molecule has 3 rings (SSSR count). The van der Waals surface area contributed by atoms with Gasteiger partial charge < -0.3 is 23.8 Å². The van der Waals surface area contributed by atoms with E-state index in [1.807, 2.05) is 24.3 Å². The lowest BCUT2D eigenvalue weighted by molar-refractivity contribution is -0.144. The minimum Gasteiger partial charge on any atom is -0.466 e. The van der Waals surface area contributed by atoms with Crippen LogP contribution >= 0.6 is 0 Å². The van der Waals surface area contributed by atoms with Crippen LogP contribution in [-0.4, -0.2) is 88.0 Å². The van der Waals surface area contributed by atoms with Crippen molar-refractivity contribution in [3.8, 4) is 0 Å². The molecule has 2 bridgehead atoms. The summed E-state index contributed by atoms with van der Waals surface area (Å²) < 4.78 is 20.9. The number of fused-ring (bicyclic) bond motifs is 2. The molecular formula is C24H32N2O7. The average molecular weight is 461 g/mol. The number of hydrogen-bond donors (Lipinski definition) is 0. The highest BCUT2D eigenvalue weighted by Crippen LogP contribution is 2.39. The molecule has 1 aromatic rings. The molecular weight excluding hydrogens is 428 g/mol. The molecule has 2 heterocycles. The van der Waals surface area contributed by atoms with Gasteiger partial charge in [-0.05, 0) is 16.7 Å². The summed E-state index contributed by atoms with van der Waals surface area (Å²) in [4.78, 5) is 41.1. The van der Waals surface area contributed by atoms with Gasteiger partial charge in [0.2, 0.25) is 5.91 Å². The number of hydrogen-bond acceptors (Lipinski definition) is 7. The molecule has 1 saturated heterocycles. The second kappa shape index (κ2) is 10.8. The third-order valence-electron chi connectivity index (χ3n) is 6.05. The second-order valence-electron chi connectivity index (χ2n) is 8.49. The van der Waals surface area contributed by atoms with Gasteiger partial charge in [-0.1, -0.05) is 31.2 Å². The summed E-state index contributed by atoms with van der Waals surface area (Å²) >= 11 is 0. The molecule has 3 atom stereocenters. The zero-order valence-corrected chi connectivity index (χ0v) is 19.8. The third-order valence-corrected chi connectivity index (χ3v) is 6.05. The normalized spacial score (nSPS) is 21.2. The lowest BCUT2D eigenvalue weighted by atomic mass is 9.81. The smallest absolute Gasteiger partial charge is 0.410 e. The number of ether oxygens (including phenoxy) is 4. The molecule has 0 saturated carbocycles. The fourth-order valence-corrected chi connectivity index (χ4v) is 4.46. The number of rotatable bonds is 8. The number of likely N-dealkylation sites (N-methyl/N-ethyl adjacent to an activating group) is 1. The molecule has 1 aromatic carbocycles. The summed E-state index contributed by atoms with van der Waals surface area (Å²) in [7, 11) is 5.91. The quantitative estimate of drug-likeness (QED) is 0.548. The summed E-state index contributed by atoms with van der Waals surface area (Å²) in [6.07, 6.45) is -0.439. The van der Waals surface area contributed by atoms with Crippen molar-refractivity contribution in [3.63, 3.8) is 0 Å². The van der Waals surface area contributed by atoms with Gasteiger partial charge >= 0.3 is 12.1 Å². The van der Waals surface area contributed by atoms with Crippen molar-refractivity contribution < 1.29 is 33.3 Å². The average Bonchev–Trinajstić information content (AvgIpc) is 2.81. The highest BCUT2D eigenvalue weighted by molar-refractivity contribution is 6.03. The van der Waals surface area contributed by atoms with E-state index >= 15 is 0 Å². The largest absolute Gasteiger partial charge is 0.466 e. The lowest BCUT2D eigenvalue weighted by Gasteiger charge is -2.48. The number of piperazine rings is 1. The molecule has 33 heavy (non-hydrogen) atoms. The van der Waals surface area contributed by atoms with Crippen molar-refractivity contribution in [2.75, 3.05) is 48.1 Å². The fourth-order valence-electron chi connectivity index (χ4n) is 4.46. The van der Waals surface area contributed by atoms with Crippen LogP contribution < -0.4 is 0 Å². The third kappa shape index (κ3) is 5.20. The van der Waals surface area contributed by atoms with E-state index in [-0.39, 0.29) is 18.9 Å². The topological polar surface area (TPSA) is 94.6 Å². The van der Waals surface area contributed by atoms with Gasteiger partial charge in [0.15, 0.2) is 0 Å². The SMILES string of the molecule is COC[C@H](C)COCc1ccc(C2=C(C(=O)OC)C3CN(C)C(=O)C(C2)N3C(=O)OC)cc1. The molecule has 0 N–H and O–H groups in total. The Kier molecular flexibility index (Phi) is 8.10. The van der Waals surface area contributed by atoms with Gasteiger partial charge in [0.05, 0.1) is 45.7 Å². The maximum atomic E-state index is 12.9. The van der Waals surface area contributed by atoms with Gasteiger partial charge in [-0.25, -0.2) is 9.59 Å². The van der Waals surface area contributed by atoms with Gasteiger partial charge in [0.25, 0.3) is 0 Å². The van der Waals surface area contributed by atoms with Crippen molar-refractivity contribution in [2.45, 2.75) is 32.0 Å². The minimum atomic E-state index is -0.741. The monoisotopic (exact) mass is 460 g/mol. The zero-order chi connectivity index (χ0) is 24.1. The predicted octanol–water partition coefficient (Wildman–Crippen LogP) is 2.09. The first-order chi connectivity index (χ1) is 15.8. The number of carbonyl (C=O) groups excluding carboxylic acids is 3. The maximum Gasteiger partial charge on any atom is 0.410 e. The van der Waals surface area contributed by atoms with Crippen LogP contribution in [0.1, 0.15) is 24.5 Å². The standard InChI is InChI=1S/C24H32N2O7/c1-15(12-30-3)13-33-14-16-6-8-17(9-7-16)18-10-19-22(27)25(2)11-20(21(18)23(28)31-4)26(19)24(29)32-5/h6-9,15,19-20H,10-14H2,1-5H3/t15-,19?,20?/m0/s1. The number of esters is 1. The number of amides is 2. The van der Waals surface area contributed by atoms with Gasteiger partial charge in [0, 0.05) is 33.0 Å². The van der Waals surface area contributed by atoms with Crippen LogP contribution in [0.3, 0.4) is 0 Å². The van der Waals surface area contributed by atoms with E-state index < -0.39 is 24.1 Å². The van der Waals surface area contributed by atoms with E-state index in [1.165, 1.54) is 19.1 Å². The number of carbonyl (C=O) groups is 3. The minimum absolute atomic E-state index is 0.184. The van der Waals surface area contributed by atoms with Crippen LogP contribution in [0.4, 0.5) is 4.79 Å². The highest BCUT2D eigenvalue weighted by Gasteiger charge is 2.50. The molecule has 2 amide bonds. The summed E-state index contributed by atoms with van der Waals surface area (Å²) in [5.74, 6) is -0.407. The number of benzene rings is 1. The Morgan fingerprint density at radius 3 is 2.36 bits per heavy atom. The van der Waals surface area contributed by atoms with Crippen LogP contribution in [0.15, 0.2) is 29.8 Å². The summed E-state index contributed by atoms with van der Waals surface area (Å²) in [6.45, 7) is 3.94. The Balaban J connectivity index is 1.90. The summed E-state index contributed by atoms with van der Waals surface area (Å²) in [5.41, 5.74) is 2.88. The van der Waals surface area contributed by atoms with E-state index in [0.717, 1.165) is 11.1 Å². The van der Waals surface area contributed by atoms with Gasteiger partial charge in [-0.2, -0.15) is 0 Å². The fraction of sp³-hybridized carbons (Fsp3) is 0.542. The zero-order valence-electron chi connectivity index (χ0n) is 19.8. The van der Waals surface area contributed by atoms with Gasteiger partial charge in [-0.3, -0.25) is 9.69 Å². The summed E-state index contributed by atoms with van der Waals surface area (Å²) in [6, 6.07) is 6.31. The Bertz CT molecular complexity index is 912. The molecule has 0 aliphatic carbocycles. The van der Waals surface area contributed by atoms with Crippen LogP contribution in [-0.2, 0) is 35.1 Å². The molecule has 180 valence electrons. The van der Waals surface area contributed by atoms with E-state index in [4.69, 9.17) is 18.9 Å². The van der Waals surface area contributed by atoms with E-state index in [2.05, 4.69) is 6.92 Å². The summed E-state index contributed by atoms with van der Waals surface area (Å²) in [5, 5.41) is 0. The maximum absolute atomic E-state index is 12.9. The van der Waals surface area contributed by atoms with E-state index in [1.54, 1.807) is 19.1 Å². The Morgan fingerprint density at radius 2 is 1.76 bits per heavy atom. The number of nitrogens with zero attached hydrogens (tertiary/aromatic N) is 2. The van der Waals surface area contributed by atoms with Gasteiger partial charge in [0.1, 0.15) is 6.04 Å². The molecule has 2 aliphatic rings. The Morgan fingerprint density at radius 1 is 1.06 bits per heavy atom. The van der Waals surface area contributed by atoms with Gasteiger partial charge in [-0.15, -0.1) is 0 Å². The van der Waals surface area contributed by atoms with Crippen molar-refractivity contribution in [3.05, 3.63) is 41.0 Å². The molecule has 2 aliphatic heterocycles. The van der Waals surface area contributed by atoms with Crippen molar-refractivity contribution in [2.24, 2.45) is 5.92 Å². The molecule has 0 spiro atoms. The van der Waals surface area contributed by atoms with Crippen LogP contribution in [0, 0.1) is 5.92 Å². The molecule has 9 nitrogen and oxygen atoms in total. The van der Waals surface area contributed by atoms with E-state index in [0.29, 0.717) is 36.9 Å². The molecule has 9 heteroatoms. The molecule has 0 radical (unpaired) electrons. The second-order valence-corrected chi connectivity index (χ2v) is 8.49. The molecule has 0 aromatic heterocycles. The van der Waals surface area contributed by atoms with Crippen molar-refractivity contribution in [1.29, 1.82) is 0 Å². The van der Waals surface area contributed by atoms with Crippen LogP contribution in [0.2, 0.25) is 0 Å². The first kappa shape index (κ1) is 24.7. The molecule has 2 unspecified atom stereocenters. The lowest BCUT2D eigenvalue weighted by Crippen LogP contribution is -2.65. The predicted molar refractivity (Wildman–Crippen MR) is 120 cm³/mol. The van der Waals surface area contributed by atoms with Crippen LogP contribution in [0.5, 0.6) is 0 Å².